The van der Waals surface area contributed by atoms with Crippen molar-refractivity contribution >= 4 is 39.5 Å². The number of carbonyl (C=O) groups is 1. The molecule has 0 amide bonds. The first-order valence-electron chi connectivity index (χ1n) is 15.9. The molecule has 222 valence electrons. The summed E-state index contributed by atoms with van der Waals surface area (Å²) in [5.74, 6) is 0.989. The Labute approximate surface area is 251 Å². The van der Waals surface area contributed by atoms with Crippen molar-refractivity contribution in [3.05, 3.63) is 46.2 Å². The molecule has 1 aliphatic rings. The molecule has 1 aromatic heterocycles. The molecule has 40 heavy (non-hydrogen) atoms. The molecule has 0 radical (unpaired) electrons. The molecule has 0 unspecified atom stereocenters. The van der Waals surface area contributed by atoms with Gasteiger partial charge in [-0.3, -0.25) is 0 Å². The van der Waals surface area contributed by atoms with Crippen molar-refractivity contribution < 1.29 is 9.53 Å². The molecule has 0 atom stereocenters. The van der Waals surface area contributed by atoms with Gasteiger partial charge in [-0.25, -0.2) is 4.79 Å². The van der Waals surface area contributed by atoms with E-state index in [4.69, 9.17) is 16.3 Å². The average Bonchev–Trinajstić information content (AvgIpc) is 3.63. The number of ether oxygens (including phenoxy) is 1. The molecule has 8 heteroatoms. The van der Waals surface area contributed by atoms with Crippen molar-refractivity contribution in [3.63, 3.8) is 0 Å². The number of aromatic nitrogens is 4. The Kier molecular flexibility index (Phi) is 14.5. The van der Waals surface area contributed by atoms with Gasteiger partial charge in [0.15, 0.2) is 0 Å². The van der Waals surface area contributed by atoms with E-state index in [1.165, 1.54) is 87.9 Å². The fourth-order valence-electron chi connectivity index (χ4n) is 6.19. The predicted molar refractivity (Wildman–Crippen MR) is 168 cm³/mol. The van der Waals surface area contributed by atoms with Gasteiger partial charge in [-0.2, -0.15) is 0 Å². The molecule has 1 aliphatic carbocycles. The Morgan fingerprint density at radius 2 is 1.68 bits per heavy atom. The summed E-state index contributed by atoms with van der Waals surface area (Å²) >= 11 is 4.33. The summed E-state index contributed by atoms with van der Waals surface area (Å²) in [6.07, 6.45) is 17.5. The number of aryl methyl sites for hydroxylation is 2. The maximum absolute atomic E-state index is 11.7. The SMILES string of the molecule is CCC[CH2][Sn]([CH2]CCC)([CH2]CCC)/[C](=C/C1CCCC1)c1ccc(CCc2nnn(CC(=O)OCC)n2)c(Cl)c1. The van der Waals surface area contributed by atoms with Gasteiger partial charge < -0.3 is 4.74 Å². The van der Waals surface area contributed by atoms with Gasteiger partial charge in [-0.05, 0) is 6.92 Å². The van der Waals surface area contributed by atoms with E-state index >= 15 is 0 Å². The first-order valence-corrected chi connectivity index (χ1v) is 23.7. The van der Waals surface area contributed by atoms with Crippen LogP contribution in [0.1, 0.15) is 109 Å². The van der Waals surface area contributed by atoms with Gasteiger partial charge in [-0.15, -0.1) is 0 Å². The molecule has 0 aliphatic heterocycles. The third-order valence-corrected chi connectivity index (χ3v) is 24.6. The van der Waals surface area contributed by atoms with Crippen molar-refractivity contribution in [1.29, 1.82) is 0 Å². The second-order valence-electron chi connectivity index (χ2n) is 11.6. The molecule has 1 heterocycles. The zero-order valence-corrected chi connectivity index (χ0v) is 29.0. The van der Waals surface area contributed by atoms with Crippen molar-refractivity contribution in [1.82, 2.24) is 20.2 Å². The van der Waals surface area contributed by atoms with Gasteiger partial charge in [-0.1, -0.05) is 0 Å². The molecular formula is C32H51ClN4O2Sn. The molecule has 1 fully saturated rings. The van der Waals surface area contributed by atoms with Crippen LogP contribution in [0.15, 0.2) is 24.3 Å². The van der Waals surface area contributed by atoms with E-state index in [2.05, 4.69) is 60.5 Å². The van der Waals surface area contributed by atoms with Gasteiger partial charge in [0.05, 0.1) is 6.61 Å². The number of hydrogen-bond acceptors (Lipinski definition) is 5. The molecular weight excluding hydrogens is 627 g/mol. The number of unbranched alkanes of at least 4 members (excludes halogenated alkanes) is 3. The van der Waals surface area contributed by atoms with Crippen LogP contribution >= 0.6 is 11.6 Å². The van der Waals surface area contributed by atoms with Crippen LogP contribution < -0.4 is 0 Å². The molecule has 6 nitrogen and oxygen atoms in total. The molecule has 2 aromatic rings. The second-order valence-corrected chi connectivity index (χ2v) is 25.1. The summed E-state index contributed by atoms with van der Waals surface area (Å²) in [4.78, 5) is 13.0. The summed E-state index contributed by atoms with van der Waals surface area (Å²) in [6.45, 7) is 9.17. The van der Waals surface area contributed by atoms with Crippen LogP contribution in [0.4, 0.5) is 0 Å². The van der Waals surface area contributed by atoms with E-state index in [9.17, 15) is 4.79 Å². The van der Waals surface area contributed by atoms with Crippen LogP contribution in [-0.4, -0.2) is 51.2 Å². The van der Waals surface area contributed by atoms with Crippen LogP contribution in [-0.2, 0) is 28.9 Å². The molecule has 1 aromatic carbocycles. The summed E-state index contributed by atoms with van der Waals surface area (Å²) in [7, 11) is 0. The predicted octanol–water partition coefficient (Wildman–Crippen LogP) is 8.64. The quantitative estimate of drug-likeness (QED) is 0.117. The van der Waals surface area contributed by atoms with Gasteiger partial charge in [0.2, 0.25) is 0 Å². The molecule has 0 N–H and O–H groups in total. The van der Waals surface area contributed by atoms with Gasteiger partial charge in [0.25, 0.3) is 0 Å². The van der Waals surface area contributed by atoms with Crippen LogP contribution in [0.2, 0.25) is 18.3 Å². The van der Waals surface area contributed by atoms with E-state index in [1.54, 1.807) is 10.5 Å². The van der Waals surface area contributed by atoms with Crippen molar-refractivity contribution in [2.24, 2.45) is 5.92 Å². The Morgan fingerprint density at radius 1 is 1.02 bits per heavy atom. The zero-order chi connectivity index (χ0) is 28.8. The standard InChI is InChI=1S/C20H24ClN4O2.3C4H9.Sn/c1-2-27-20(26)14-25-23-19(22-24-25)12-11-17-10-9-16(13-18(17)21)8-7-15-5-3-4-6-15;3*1-3-4-2;/h7,9-10,13,15H,2-6,11-12,14H2,1H3;3*1,3-4H2,2H3;. The summed E-state index contributed by atoms with van der Waals surface area (Å²) < 4.78 is 11.2. The van der Waals surface area contributed by atoms with Gasteiger partial charge in [0.1, 0.15) is 0 Å². The normalized spacial score (nSPS) is 14.7. The Bertz CT molecular complexity index is 1060. The van der Waals surface area contributed by atoms with E-state index in [0.29, 0.717) is 18.9 Å². The number of allylic oxidation sites excluding steroid dienone is 1. The van der Waals surface area contributed by atoms with Crippen LogP contribution in [0, 0.1) is 5.92 Å². The number of nitrogens with zero attached hydrogens (tertiary/aromatic N) is 4. The first-order chi connectivity index (χ1) is 19.4. The number of benzene rings is 1. The number of esters is 1. The molecule has 0 spiro atoms. The number of halogens is 1. The minimum atomic E-state index is -2.67. The summed E-state index contributed by atoms with van der Waals surface area (Å²) in [6, 6.07) is 6.88. The van der Waals surface area contributed by atoms with Crippen molar-refractivity contribution in [2.45, 2.75) is 125 Å². The average molecular weight is 678 g/mol. The monoisotopic (exact) mass is 678 g/mol. The number of carbonyl (C=O) groups excluding carboxylic acids is 1. The number of hydrogen-bond donors (Lipinski definition) is 0. The third kappa shape index (κ3) is 9.85. The van der Waals surface area contributed by atoms with Gasteiger partial charge >= 0.3 is 230 Å². The number of tetrazole rings is 1. The Morgan fingerprint density at radius 3 is 2.25 bits per heavy atom. The topological polar surface area (TPSA) is 69.9 Å². The zero-order valence-electron chi connectivity index (χ0n) is 25.4. The Balaban J connectivity index is 1.86. The van der Waals surface area contributed by atoms with E-state index in [-0.39, 0.29) is 12.5 Å². The minimum absolute atomic E-state index is 0.0197. The van der Waals surface area contributed by atoms with Crippen LogP contribution in [0.25, 0.3) is 3.59 Å². The Hall–Kier alpha value is -1.41. The van der Waals surface area contributed by atoms with Crippen molar-refractivity contribution in [3.8, 4) is 0 Å². The molecule has 3 rings (SSSR count). The summed E-state index contributed by atoms with van der Waals surface area (Å²) in [5, 5.41) is 13.3. The van der Waals surface area contributed by atoms with E-state index < -0.39 is 18.4 Å². The van der Waals surface area contributed by atoms with Crippen LogP contribution in [0.3, 0.4) is 0 Å². The molecule has 0 saturated heterocycles. The molecule has 0 bridgehead atoms. The molecule has 1 saturated carbocycles. The van der Waals surface area contributed by atoms with E-state index in [1.807, 2.05) is 0 Å². The first kappa shape index (κ1) is 33.1. The van der Waals surface area contributed by atoms with Gasteiger partial charge in [0, 0.05) is 0 Å². The van der Waals surface area contributed by atoms with Crippen LogP contribution in [0.5, 0.6) is 0 Å². The third-order valence-electron chi connectivity index (χ3n) is 8.45. The number of rotatable bonds is 18. The summed E-state index contributed by atoms with van der Waals surface area (Å²) in [5.41, 5.74) is 2.52. The fourth-order valence-corrected chi connectivity index (χ4v) is 23.6. The van der Waals surface area contributed by atoms with E-state index in [0.717, 1.165) is 22.9 Å². The second kappa shape index (κ2) is 17.5. The van der Waals surface area contributed by atoms with Crippen molar-refractivity contribution in [2.75, 3.05) is 6.61 Å². The maximum atomic E-state index is 11.7. The fraction of sp³-hybridized carbons (Fsp3) is 0.688.